The minimum absolute atomic E-state index is 0.0915. The molecule has 94 valence electrons. The standard InChI is InChI=1S/C12H11ClN2O3/c1-3-17-12(16)10-14-11(18-15-10)8-5-4-6-9(13)7(8)2/h4-6H,3H2,1-2H3. The molecule has 2 aromatic rings. The van der Waals surface area contributed by atoms with E-state index in [1.165, 1.54) is 0 Å². The smallest absolute Gasteiger partial charge is 0.379 e. The average molecular weight is 267 g/mol. The van der Waals surface area contributed by atoms with Crippen LogP contribution in [0.3, 0.4) is 0 Å². The van der Waals surface area contributed by atoms with Crippen molar-refractivity contribution in [3.8, 4) is 11.5 Å². The number of halogens is 1. The molecule has 0 saturated carbocycles. The minimum atomic E-state index is -0.604. The van der Waals surface area contributed by atoms with Gasteiger partial charge in [-0.25, -0.2) is 4.79 Å². The summed E-state index contributed by atoms with van der Waals surface area (Å²) in [6.45, 7) is 3.81. The van der Waals surface area contributed by atoms with Gasteiger partial charge in [-0.15, -0.1) is 0 Å². The first-order valence-electron chi connectivity index (χ1n) is 5.39. The highest BCUT2D eigenvalue weighted by molar-refractivity contribution is 6.31. The summed E-state index contributed by atoms with van der Waals surface area (Å²) in [7, 11) is 0. The number of ether oxygens (including phenoxy) is 1. The first kappa shape index (κ1) is 12.6. The van der Waals surface area contributed by atoms with Crippen molar-refractivity contribution >= 4 is 17.6 Å². The number of rotatable bonds is 3. The Labute approximate surface area is 109 Å². The second kappa shape index (κ2) is 5.18. The van der Waals surface area contributed by atoms with Crippen molar-refractivity contribution in [1.29, 1.82) is 0 Å². The van der Waals surface area contributed by atoms with Crippen LogP contribution in [0.25, 0.3) is 11.5 Å². The van der Waals surface area contributed by atoms with E-state index < -0.39 is 5.97 Å². The van der Waals surface area contributed by atoms with Crippen molar-refractivity contribution < 1.29 is 14.1 Å². The van der Waals surface area contributed by atoms with Gasteiger partial charge in [0.2, 0.25) is 0 Å². The number of carbonyl (C=O) groups excluding carboxylic acids is 1. The summed E-state index contributed by atoms with van der Waals surface area (Å²) in [6.07, 6.45) is 0. The van der Waals surface area contributed by atoms with Crippen LogP contribution in [-0.4, -0.2) is 22.7 Å². The molecule has 1 heterocycles. The fourth-order valence-electron chi connectivity index (χ4n) is 1.45. The number of benzene rings is 1. The van der Waals surface area contributed by atoms with Crippen molar-refractivity contribution in [1.82, 2.24) is 10.1 Å². The van der Waals surface area contributed by atoms with Gasteiger partial charge in [-0.3, -0.25) is 0 Å². The molecule has 0 radical (unpaired) electrons. The predicted molar refractivity (Wildman–Crippen MR) is 65.4 cm³/mol. The van der Waals surface area contributed by atoms with Crippen LogP contribution in [-0.2, 0) is 4.74 Å². The number of nitrogens with zero attached hydrogens (tertiary/aromatic N) is 2. The number of carbonyl (C=O) groups is 1. The largest absolute Gasteiger partial charge is 0.460 e. The van der Waals surface area contributed by atoms with Crippen molar-refractivity contribution in [2.45, 2.75) is 13.8 Å². The third-order valence-electron chi connectivity index (χ3n) is 2.38. The lowest BCUT2D eigenvalue weighted by Crippen LogP contribution is -2.06. The van der Waals surface area contributed by atoms with Crippen LogP contribution in [0.2, 0.25) is 5.02 Å². The summed E-state index contributed by atoms with van der Waals surface area (Å²) in [6, 6.07) is 5.34. The van der Waals surface area contributed by atoms with E-state index >= 15 is 0 Å². The van der Waals surface area contributed by atoms with Crippen LogP contribution in [0.15, 0.2) is 22.7 Å². The molecule has 0 aliphatic rings. The monoisotopic (exact) mass is 266 g/mol. The lowest BCUT2D eigenvalue weighted by atomic mass is 10.1. The minimum Gasteiger partial charge on any atom is -0.460 e. The zero-order chi connectivity index (χ0) is 13.1. The Kier molecular flexibility index (Phi) is 3.62. The van der Waals surface area contributed by atoms with Gasteiger partial charge in [-0.05, 0) is 36.7 Å². The van der Waals surface area contributed by atoms with Crippen molar-refractivity contribution in [2.75, 3.05) is 6.61 Å². The summed E-state index contributed by atoms with van der Waals surface area (Å²) in [5, 5.41) is 4.18. The van der Waals surface area contributed by atoms with Gasteiger partial charge in [0.25, 0.3) is 11.7 Å². The Morgan fingerprint density at radius 2 is 2.28 bits per heavy atom. The highest BCUT2D eigenvalue weighted by Crippen LogP contribution is 2.26. The van der Waals surface area contributed by atoms with Gasteiger partial charge in [0.05, 0.1) is 6.61 Å². The molecule has 0 bridgehead atoms. The lowest BCUT2D eigenvalue weighted by Gasteiger charge is -2.01. The maximum absolute atomic E-state index is 11.4. The van der Waals surface area contributed by atoms with E-state index in [0.29, 0.717) is 10.6 Å². The molecule has 6 heteroatoms. The Hall–Kier alpha value is -1.88. The Morgan fingerprint density at radius 1 is 1.50 bits per heavy atom. The van der Waals surface area contributed by atoms with E-state index in [1.54, 1.807) is 25.1 Å². The van der Waals surface area contributed by atoms with E-state index in [1.807, 2.05) is 6.92 Å². The fourth-order valence-corrected chi connectivity index (χ4v) is 1.63. The molecule has 0 spiro atoms. The molecule has 0 N–H and O–H groups in total. The molecule has 1 aromatic heterocycles. The first-order chi connectivity index (χ1) is 8.63. The second-order valence-corrected chi connectivity index (χ2v) is 3.96. The molecular formula is C12H11ClN2O3. The van der Waals surface area contributed by atoms with Gasteiger partial charge in [-0.1, -0.05) is 17.7 Å². The van der Waals surface area contributed by atoms with E-state index in [0.717, 1.165) is 5.56 Å². The highest BCUT2D eigenvalue weighted by atomic mass is 35.5. The summed E-state index contributed by atoms with van der Waals surface area (Å²) < 4.78 is 9.81. The molecular weight excluding hydrogens is 256 g/mol. The van der Waals surface area contributed by atoms with Crippen LogP contribution in [0, 0.1) is 6.92 Å². The predicted octanol–water partition coefficient (Wildman–Crippen LogP) is 2.88. The SMILES string of the molecule is CCOC(=O)c1noc(-c2cccc(Cl)c2C)n1. The van der Waals surface area contributed by atoms with Crippen LogP contribution >= 0.6 is 11.6 Å². The van der Waals surface area contributed by atoms with Gasteiger partial charge in [0.1, 0.15) is 0 Å². The summed E-state index contributed by atoms with van der Waals surface area (Å²) >= 11 is 6.00. The Morgan fingerprint density at radius 3 is 3.00 bits per heavy atom. The van der Waals surface area contributed by atoms with Gasteiger partial charge in [-0.2, -0.15) is 4.98 Å². The summed E-state index contributed by atoms with van der Waals surface area (Å²) in [5.74, 6) is -0.448. The molecule has 1 aromatic carbocycles. The van der Waals surface area contributed by atoms with Gasteiger partial charge in [0.15, 0.2) is 0 Å². The molecule has 0 aliphatic heterocycles. The second-order valence-electron chi connectivity index (χ2n) is 3.56. The molecule has 0 fully saturated rings. The number of hydrogen-bond acceptors (Lipinski definition) is 5. The van der Waals surface area contributed by atoms with Gasteiger partial charge >= 0.3 is 5.97 Å². The lowest BCUT2D eigenvalue weighted by molar-refractivity contribution is 0.0508. The topological polar surface area (TPSA) is 65.2 Å². The third-order valence-corrected chi connectivity index (χ3v) is 2.79. The van der Waals surface area contributed by atoms with Crippen molar-refractivity contribution in [3.63, 3.8) is 0 Å². The molecule has 0 amide bonds. The number of esters is 1. The fraction of sp³-hybridized carbons (Fsp3) is 0.250. The Balaban J connectivity index is 2.35. The van der Waals surface area contributed by atoms with Crippen LogP contribution in [0.5, 0.6) is 0 Å². The normalized spacial score (nSPS) is 10.4. The van der Waals surface area contributed by atoms with E-state index in [4.69, 9.17) is 20.9 Å². The number of aromatic nitrogens is 2. The first-order valence-corrected chi connectivity index (χ1v) is 5.77. The van der Waals surface area contributed by atoms with Crippen molar-refractivity contribution in [2.24, 2.45) is 0 Å². The maximum atomic E-state index is 11.4. The summed E-state index contributed by atoms with van der Waals surface area (Å²) in [5.41, 5.74) is 1.52. The van der Waals surface area contributed by atoms with Crippen LogP contribution in [0.1, 0.15) is 23.1 Å². The number of hydrogen-bond donors (Lipinski definition) is 0. The third kappa shape index (κ3) is 2.36. The zero-order valence-electron chi connectivity index (χ0n) is 9.94. The van der Waals surface area contributed by atoms with E-state index in [-0.39, 0.29) is 18.3 Å². The molecule has 0 aliphatic carbocycles. The van der Waals surface area contributed by atoms with Crippen LogP contribution < -0.4 is 0 Å². The average Bonchev–Trinajstić information content (AvgIpc) is 2.82. The quantitative estimate of drug-likeness (QED) is 0.799. The van der Waals surface area contributed by atoms with Gasteiger partial charge < -0.3 is 9.26 Å². The Bertz CT molecular complexity index is 580. The molecule has 0 atom stereocenters. The molecule has 2 rings (SSSR count). The van der Waals surface area contributed by atoms with E-state index in [9.17, 15) is 4.79 Å². The zero-order valence-corrected chi connectivity index (χ0v) is 10.7. The molecule has 18 heavy (non-hydrogen) atoms. The maximum Gasteiger partial charge on any atom is 0.379 e. The molecule has 0 saturated heterocycles. The molecule has 5 nitrogen and oxygen atoms in total. The van der Waals surface area contributed by atoms with Crippen LogP contribution in [0.4, 0.5) is 0 Å². The molecule has 0 unspecified atom stereocenters. The van der Waals surface area contributed by atoms with Gasteiger partial charge in [0, 0.05) is 10.6 Å². The van der Waals surface area contributed by atoms with E-state index in [2.05, 4.69) is 10.1 Å². The van der Waals surface area contributed by atoms with Crippen molar-refractivity contribution in [3.05, 3.63) is 34.6 Å². The summed E-state index contributed by atoms with van der Waals surface area (Å²) in [4.78, 5) is 15.4. The highest BCUT2D eigenvalue weighted by Gasteiger charge is 2.18.